The van der Waals surface area contributed by atoms with Crippen molar-refractivity contribution in [2.75, 3.05) is 48.5 Å². The molecule has 3 saturated heterocycles. The summed E-state index contributed by atoms with van der Waals surface area (Å²) in [6.45, 7) is 5.30. The number of nitrogens with two attached hydrogens (primary N) is 1. The molecule has 2 N–H and O–H groups in total. The highest BCUT2D eigenvalue weighted by atomic mass is 127. The minimum absolute atomic E-state index is 0.122. The van der Waals surface area contributed by atoms with Crippen molar-refractivity contribution in [2.24, 2.45) is 0 Å². The zero-order valence-electron chi connectivity index (χ0n) is 18.0. The van der Waals surface area contributed by atoms with Crippen LogP contribution in [0.3, 0.4) is 0 Å². The van der Waals surface area contributed by atoms with Crippen LogP contribution in [0.15, 0.2) is 12.3 Å². The Labute approximate surface area is 196 Å². The van der Waals surface area contributed by atoms with E-state index in [0.717, 1.165) is 12.8 Å². The van der Waals surface area contributed by atoms with Gasteiger partial charge >= 0.3 is 0 Å². The van der Waals surface area contributed by atoms with Crippen molar-refractivity contribution in [2.45, 2.75) is 42.1 Å². The van der Waals surface area contributed by atoms with Crippen molar-refractivity contribution >= 4 is 43.0 Å². The van der Waals surface area contributed by atoms with E-state index in [2.05, 4.69) is 26.2 Å². The third-order valence-electron chi connectivity index (χ3n) is 6.28. The first-order valence-electron chi connectivity index (χ1n) is 10.8. The predicted molar refractivity (Wildman–Crippen MR) is 130 cm³/mol. The fourth-order valence-electron chi connectivity index (χ4n) is 4.64. The first-order chi connectivity index (χ1) is 15.5. The molecule has 3 aliphatic rings. The second kappa shape index (κ2) is 9.10. The van der Waals surface area contributed by atoms with Crippen molar-refractivity contribution in [1.82, 2.24) is 19.9 Å². The normalized spacial score (nSPS) is 26.4. The lowest BCUT2D eigenvalue weighted by molar-refractivity contribution is 0.0895. The first kappa shape index (κ1) is 21.8. The van der Waals surface area contributed by atoms with Gasteiger partial charge in [-0.3, -0.25) is 0 Å². The van der Waals surface area contributed by atoms with Crippen LogP contribution in [0.2, 0.25) is 0 Å². The Balaban J connectivity index is 1.64. The number of pyridine rings is 1. The predicted octanol–water partition coefficient (Wildman–Crippen LogP) is 2.48. The van der Waals surface area contributed by atoms with Crippen LogP contribution in [0, 0.1) is 0 Å². The molecule has 0 aromatic carbocycles. The second-order valence-corrected chi connectivity index (χ2v) is 10.3. The van der Waals surface area contributed by atoms with Gasteiger partial charge in [0.25, 0.3) is 0 Å². The molecule has 11 heteroatoms. The van der Waals surface area contributed by atoms with E-state index in [9.17, 15) is 4.39 Å². The lowest BCUT2D eigenvalue weighted by atomic mass is 10.1. The molecular weight excluding hydrogens is 528 g/mol. The second-order valence-electron chi connectivity index (χ2n) is 8.36. The van der Waals surface area contributed by atoms with Gasteiger partial charge < -0.3 is 25.0 Å². The van der Waals surface area contributed by atoms with Crippen LogP contribution in [0.1, 0.15) is 29.5 Å². The van der Waals surface area contributed by atoms with Crippen LogP contribution in [-0.4, -0.2) is 75.5 Å². The van der Waals surface area contributed by atoms with Crippen molar-refractivity contribution in [3.05, 3.63) is 17.8 Å². The highest BCUT2D eigenvalue weighted by Gasteiger charge is 2.40. The van der Waals surface area contributed by atoms with Crippen LogP contribution >= 0.6 is 20.7 Å². The number of hydrogen-bond acceptors (Lipinski definition) is 9. The van der Waals surface area contributed by atoms with Crippen molar-refractivity contribution in [3.8, 4) is 11.4 Å². The van der Waals surface area contributed by atoms with E-state index in [4.69, 9.17) is 30.2 Å². The van der Waals surface area contributed by atoms with Gasteiger partial charge in [0.15, 0.2) is 10.0 Å². The molecule has 4 atom stereocenters. The smallest absolute Gasteiger partial charge is 0.231 e. The Morgan fingerprint density at radius 1 is 1.16 bits per heavy atom. The number of rotatable bonds is 5. The Hall–Kier alpha value is -1.99. The van der Waals surface area contributed by atoms with Crippen LogP contribution in [0.25, 0.3) is 11.4 Å². The molecule has 0 amide bonds. The molecule has 3 unspecified atom stereocenters. The van der Waals surface area contributed by atoms with Gasteiger partial charge in [-0.05, 0) is 25.8 Å². The number of fused-ring (bicyclic) bond motifs is 2. The lowest BCUT2D eigenvalue weighted by Gasteiger charge is -2.37. The number of alkyl halides is 2. The van der Waals surface area contributed by atoms with Crippen LogP contribution in [0.4, 0.5) is 22.1 Å². The lowest BCUT2D eigenvalue weighted by Crippen LogP contribution is -2.48. The summed E-state index contributed by atoms with van der Waals surface area (Å²) in [5.74, 6) is 1.87. The molecule has 2 aromatic rings. The molecule has 0 saturated carbocycles. The monoisotopic (exact) mass is 555 g/mol. The maximum atomic E-state index is 14.9. The Kier molecular flexibility index (Phi) is 6.21. The molecule has 3 aliphatic heterocycles. The van der Waals surface area contributed by atoms with E-state index < -0.39 is 24.9 Å². The van der Waals surface area contributed by atoms with E-state index in [1.807, 2.05) is 0 Å². The molecule has 2 bridgehead atoms. The number of anilines is 3. The summed E-state index contributed by atoms with van der Waals surface area (Å²) >= 11 is -0.934. The number of nitrogen functional groups attached to an aromatic ring is 1. The van der Waals surface area contributed by atoms with E-state index >= 15 is 0 Å². The summed E-state index contributed by atoms with van der Waals surface area (Å²) in [7, 11) is 0. The average molecular weight is 555 g/mol. The van der Waals surface area contributed by atoms with Gasteiger partial charge in [-0.25, -0.2) is 9.37 Å². The number of aromatic nitrogens is 4. The minimum atomic E-state index is -1.18. The minimum Gasteiger partial charge on any atom is -0.384 e. The van der Waals surface area contributed by atoms with E-state index in [1.165, 1.54) is 0 Å². The summed E-state index contributed by atoms with van der Waals surface area (Å²) in [5.41, 5.74) is 6.86. The average Bonchev–Trinajstić information content (AvgIpc) is 3.06. The molecule has 32 heavy (non-hydrogen) atoms. The third kappa shape index (κ3) is 4.05. The molecule has 172 valence electrons. The number of ether oxygens (including phenoxy) is 2. The maximum absolute atomic E-state index is 14.9. The summed E-state index contributed by atoms with van der Waals surface area (Å²) in [5, 5.41) is 0. The summed E-state index contributed by atoms with van der Waals surface area (Å²) in [6.07, 6.45) is 3.65. The summed E-state index contributed by atoms with van der Waals surface area (Å²) in [4.78, 5) is 23.1. The molecule has 0 radical (unpaired) electrons. The highest BCUT2D eigenvalue weighted by molar-refractivity contribution is 14.2. The van der Waals surface area contributed by atoms with Gasteiger partial charge in [-0.2, -0.15) is 15.0 Å². The highest BCUT2D eigenvalue weighted by Crippen LogP contribution is 2.38. The molecule has 2 aromatic heterocycles. The van der Waals surface area contributed by atoms with Crippen LogP contribution in [0.5, 0.6) is 0 Å². The van der Waals surface area contributed by atoms with Gasteiger partial charge in [0.05, 0.1) is 44.6 Å². The van der Waals surface area contributed by atoms with Crippen LogP contribution in [-0.2, 0) is 9.47 Å². The Morgan fingerprint density at radius 3 is 2.62 bits per heavy atom. The van der Waals surface area contributed by atoms with Crippen molar-refractivity contribution in [1.29, 1.82) is 0 Å². The standard InChI is InChI=1S/C21H27FIN7O2/c1-12-9-31-6-5-29(12)20-26-19(16-8-25-17(24)7-15(16)18(22)23-2)27-21(28-20)30-13-3-4-14(30)11-32-10-13/h7-8,12-14,18H,2-6,9-11H2,1H3,(H2,24,25)/t12-,13?,14?,18?/m0/s1. The molecule has 9 nitrogen and oxygen atoms in total. The maximum Gasteiger partial charge on any atom is 0.231 e. The molecule has 5 heterocycles. The number of nitrogens with zero attached hydrogens (tertiary/aromatic N) is 6. The number of hydrogen-bond donors (Lipinski definition) is 1. The van der Waals surface area contributed by atoms with Gasteiger partial charge in [0.2, 0.25) is 11.9 Å². The number of halogens is 2. The zero-order valence-corrected chi connectivity index (χ0v) is 20.1. The molecule has 0 spiro atoms. The van der Waals surface area contributed by atoms with E-state index in [1.54, 1.807) is 12.3 Å². The van der Waals surface area contributed by atoms with Gasteiger partial charge in [0.1, 0.15) is 5.82 Å². The van der Waals surface area contributed by atoms with E-state index in [0.29, 0.717) is 61.8 Å². The summed E-state index contributed by atoms with van der Waals surface area (Å²) < 4.78 is 28.9. The Bertz CT molecular complexity index is 996. The van der Waals surface area contributed by atoms with Gasteiger partial charge in [-0.1, -0.05) is 25.2 Å². The molecular formula is C21H27FIN7O2. The quantitative estimate of drug-likeness (QED) is 0.441. The van der Waals surface area contributed by atoms with E-state index in [-0.39, 0.29) is 23.9 Å². The van der Waals surface area contributed by atoms with Gasteiger partial charge in [-0.15, -0.1) is 0 Å². The fraction of sp³-hybridized carbons (Fsp3) is 0.571. The van der Waals surface area contributed by atoms with Crippen LogP contribution < -0.4 is 15.5 Å². The summed E-state index contributed by atoms with van der Waals surface area (Å²) in [6, 6.07) is 2.17. The first-order valence-corrected chi connectivity index (χ1v) is 13.6. The largest absolute Gasteiger partial charge is 0.384 e. The number of morpholine rings is 2. The van der Waals surface area contributed by atoms with Gasteiger partial charge in [0, 0.05) is 23.9 Å². The van der Waals surface area contributed by atoms with Crippen molar-refractivity contribution < 1.29 is 13.9 Å². The SMILES string of the molecule is C=IC(F)c1cc(N)ncc1-c1nc(N2C3CCC2COC3)nc(N2CCOC[C@@H]2C)n1. The third-order valence-corrected chi connectivity index (χ3v) is 7.72. The van der Waals surface area contributed by atoms with Crippen molar-refractivity contribution in [3.63, 3.8) is 0 Å². The molecule has 5 rings (SSSR count). The molecule has 0 aliphatic carbocycles. The topological polar surface area (TPSA) is 103 Å². The fourth-order valence-corrected chi connectivity index (χ4v) is 5.63. The zero-order chi connectivity index (χ0) is 22.2. The molecule has 3 fully saturated rings. The Morgan fingerprint density at radius 2 is 1.91 bits per heavy atom.